The molecule has 0 saturated heterocycles. The molecule has 0 aliphatic heterocycles. The first-order valence-corrected chi connectivity index (χ1v) is 5.45. The average Bonchev–Trinajstić information content (AvgIpc) is 2.43. The summed E-state index contributed by atoms with van der Waals surface area (Å²) >= 11 is 6.03. The lowest BCUT2D eigenvalue weighted by Gasteiger charge is -2.15. The highest BCUT2D eigenvalue weighted by atomic mass is 35.5. The van der Waals surface area contributed by atoms with Crippen LogP contribution in [-0.4, -0.2) is 9.78 Å². The minimum atomic E-state index is 0.546. The Bertz CT molecular complexity index is 262. The summed E-state index contributed by atoms with van der Waals surface area (Å²) in [7, 11) is 0. The summed E-state index contributed by atoms with van der Waals surface area (Å²) in [5.41, 5.74) is 0. The molecule has 1 saturated carbocycles. The molecule has 0 bridgehead atoms. The van der Waals surface area contributed by atoms with E-state index in [2.05, 4.69) is 5.10 Å². The average molecular weight is 199 g/mol. The Hall–Kier alpha value is -0.500. The predicted molar refractivity (Wildman–Crippen MR) is 54.0 cm³/mol. The monoisotopic (exact) mass is 198 g/mol. The van der Waals surface area contributed by atoms with Crippen LogP contribution in [0, 0.1) is 0 Å². The molecule has 0 aromatic carbocycles. The maximum atomic E-state index is 6.03. The largest absolute Gasteiger partial charge is 0.251 e. The molecule has 1 fully saturated rings. The first kappa shape index (κ1) is 9.07. The molecule has 1 aromatic heterocycles. The SMILES string of the molecule is Clc1ccnn1C1CCCCCC1. The van der Waals surface area contributed by atoms with E-state index in [4.69, 9.17) is 11.6 Å². The number of rotatable bonds is 1. The molecule has 2 rings (SSSR count). The minimum absolute atomic E-state index is 0.546. The lowest BCUT2D eigenvalue weighted by Crippen LogP contribution is -2.09. The summed E-state index contributed by atoms with van der Waals surface area (Å²) in [6, 6.07) is 2.41. The van der Waals surface area contributed by atoms with Gasteiger partial charge in [0.2, 0.25) is 0 Å². The van der Waals surface area contributed by atoms with Crippen LogP contribution >= 0.6 is 11.6 Å². The van der Waals surface area contributed by atoms with E-state index >= 15 is 0 Å². The molecular weight excluding hydrogens is 184 g/mol. The van der Waals surface area contributed by atoms with E-state index in [-0.39, 0.29) is 0 Å². The van der Waals surface area contributed by atoms with Crippen molar-refractivity contribution < 1.29 is 0 Å². The fourth-order valence-electron chi connectivity index (χ4n) is 2.07. The van der Waals surface area contributed by atoms with Crippen LogP contribution in [0.4, 0.5) is 0 Å². The third-order valence-corrected chi connectivity index (χ3v) is 3.09. The summed E-state index contributed by atoms with van der Waals surface area (Å²) in [5.74, 6) is 0. The normalized spacial score (nSPS) is 20.1. The second-order valence-corrected chi connectivity index (χ2v) is 4.13. The van der Waals surface area contributed by atoms with Gasteiger partial charge in [-0.15, -0.1) is 0 Å². The highest BCUT2D eigenvalue weighted by Gasteiger charge is 2.15. The number of halogens is 1. The summed E-state index contributed by atoms with van der Waals surface area (Å²) in [4.78, 5) is 0. The van der Waals surface area contributed by atoms with Gasteiger partial charge in [0, 0.05) is 0 Å². The van der Waals surface area contributed by atoms with Crippen LogP contribution < -0.4 is 0 Å². The molecule has 13 heavy (non-hydrogen) atoms. The highest BCUT2D eigenvalue weighted by Crippen LogP contribution is 2.28. The zero-order valence-corrected chi connectivity index (χ0v) is 8.50. The van der Waals surface area contributed by atoms with E-state index in [1.54, 1.807) is 6.20 Å². The summed E-state index contributed by atoms with van der Waals surface area (Å²) in [6.07, 6.45) is 9.64. The van der Waals surface area contributed by atoms with Crippen molar-refractivity contribution in [3.63, 3.8) is 0 Å². The molecule has 1 aromatic rings. The quantitative estimate of drug-likeness (QED) is 0.633. The molecule has 0 unspecified atom stereocenters. The Morgan fingerprint density at radius 1 is 1.23 bits per heavy atom. The van der Waals surface area contributed by atoms with Gasteiger partial charge in [-0.1, -0.05) is 37.3 Å². The van der Waals surface area contributed by atoms with E-state index in [0.29, 0.717) is 6.04 Å². The molecule has 0 N–H and O–H groups in total. The Morgan fingerprint density at radius 2 is 1.92 bits per heavy atom. The standard InChI is InChI=1S/C10H15ClN2/c11-10-7-8-12-13(10)9-5-3-1-2-4-6-9/h7-9H,1-6H2. The third kappa shape index (κ3) is 2.05. The van der Waals surface area contributed by atoms with Gasteiger partial charge in [0.15, 0.2) is 0 Å². The van der Waals surface area contributed by atoms with Crippen molar-refractivity contribution >= 4 is 11.6 Å². The van der Waals surface area contributed by atoms with Crippen molar-refractivity contribution in [3.8, 4) is 0 Å². The van der Waals surface area contributed by atoms with Crippen molar-refractivity contribution in [2.24, 2.45) is 0 Å². The molecule has 0 atom stereocenters. The van der Waals surface area contributed by atoms with Gasteiger partial charge in [0.25, 0.3) is 0 Å². The van der Waals surface area contributed by atoms with Gasteiger partial charge >= 0.3 is 0 Å². The molecule has 1 aliphatic rings. The molecule has 1 aliphatic carbocycles. The first-order valence-electron chi connectivity index (χ1n) is 5.07. The Labute approximate surface area is 83.9 Å². The number of nitrogens with zero attached hydrogens (tertiary/aromatic N) is 2. The second-order valence-electron chi connectivity index (χ2n) is 3.74. The molecule has 3 heteroatoms. The van der Waals surface area contributed by atoms with Gasteiger partial charge < -0.3 is 0 Å². The van der Waals surface area contributed by atoms with Gasteiger partial charge in [-0.2, -0.15) is 5.10 Å². The summed E-state index contributed by atoms with van der Waals surface area (Å²) < 4.78 is 1.98. The van der Waals surface area contributed by atoms with E-state index in [1.165, 1.54) is 38.5 Å². The predicted octanol–water partition coefficient (Wildman–Crippen LogP) is 3.43. The van der Waals surface area contributed by atoms with Crippen LogP contribution in [-0.2, 0) is 0 Å². The van der Waals surface area contributed by atoms with E-state index in [9.17, 15) is 0 Å². The molecule has 0 amide bonds. The number of aromatic nitrogens is 2. The van der Waals surface area contributed by atoms with Gasteiger partial charge in [0.1, 0.15) is 5.15 Å². The molecular formula is C10H15ClN2. The molecule has 0 spiro atoms. The van der Waals surface area contributed by atoms with Crippen molar-refractivity contribution in [3.05, 3.63) is 17.4 Å². The topological polar surface area (TPSA) is 17.8 Å². The lowest BCUT2D eigenvalue weighted by molar-refractivity contribution is 0.406. The zero-order chi connectivity index (χ0) is 9.10. The van der Waals surface area contributed by atoms with E-state index < -0.39 is 0 Å². The Balaban J connectivity index is 2.10. The summed E-state index contributed by atoms with van der Waals surface area (Å²) in [6.45, 7) is 0. The Morgan fingerprint density at radius 3 is 2.46 bits per heavy atom. The van der Waals surface area contributed by atoms with Crippen LogP contribution in [0.15, 0.2) is 12.3 Å². The number of hydrogen-bond donors (Lipinski definition) is 0. The van der Waals surface area contributed by atoms with Gasteiger partial charge in [-0.25, -0.2) is 0 Å². The fourth-order valence-corrected chi connectivity index (χ4v) is 2.31. The van der Waals surface area contributed by atoms with Crippen LogP contribution in [0.5, 0.6) is 0 Å². The fraction of sp³-hybridized carbons (Fsp3) is 0.700. The van der Waals surface area contributed by atoms with Crippen LogP contribution in [0.2, 0.25) is 5.15 Å². The van der Waals surface area contributed by atoms with Crippen molar-refractivity contribution in [2.75, 3.05) is 0 Å². The smallest absolute Gasteiger partial charge is 0.127 e. The van der Waals surface area contributed by atoms with Crippen molar-refractivity contribution in [2.45, 2.75) is 44.6 Å². The van der Waals surface area contributed by atoms with Crippen molar-refractivity contribution in [1.82, 2.24) is 9.78 Å². The van der Waals surface area contributed by atoms with Crippen molar-refractivity contribution in [1.29, 1.82) is 0 Å². The lowest BCUT2D eigenvalue weighted by atomic mass is 10.1. The van der Waals surface area contributed by atoms with Crippen LogP contribution in [0.1, 0.15) is 44.6 Å². The Kier molecular flexibility index (Phi) is 2.89. The molecule has 0 radical (unpaired) electrons. The van der Waals surface area contributed by atoms with Crippen LogP contribution in [0.25, 0.3) is 0 Å². The molecule has 1 heterocycles. The highest BCUT2D eigenvalue weighted by molar-refractivity contribution is 6.29. The molecule has 72 valence electrons. The maximum absolute atomic E-state index is 6.03. The minimum Gasteiger partial charge on any atom is -0.251 e. The van der Waals surface area contributed by atoms with Gasteiger partial charge in [-0.3, -0.25) is 4.68 Å². The number of hydrogen-bond acceptors (Lipinski definition) is 1. The summed E-state index contributed by atoms with van der Waals surface area (Å²) in [5, 5.41) is 5.05. The zero-order valence-electron chi connectivity index (χ0n) is 7.75. The van der Waals surface area contributed by atoms with E-state index in [1.807, 2.05) is 10.7 Å². The first-order chi connectivity index (χ1) is 6.38. The van der Waals surface area contributed by atoms with E-state index in [0.717, 1.165) is 5.15 Å². The van der Waals surface area contributed by atoms with Gasteiger partial charge in [0.05, 0.1) is 12.2 Å². The maximum Gasteiger partial charge on any atom is 0.127 e. The van der Waals surface area contributed by atoms with Gasteiger partial charge in [-0.05, 0) is 18.9 Å². The molecule has 2 nitrogen and oxygen atoms in total. The third-order valence-electron chi connectivity index (χ3n) is 2.79. The van der Waals surface area contributed by atoms with Crippen LogP contribution in [0.3, 0.4) is 0 Å². The second kappa shape index (κ2) is 4.14.